The van der Waals surface area contributed by atoms with Crippen molar-refractivity contribution >= 4 is 17.4 Å². The number of aromatic nitrogens is 4. The third-order valence-electron chi connectivity index (χ3n) is 6.01. The summed E-state index contributed by atoms with van der Waals surface area (Å²) in [5.74, 6) is 0.645. The van der Waals surface area contributed by atoms with Crippen molar-refractivity contribution in [3.8, 4) is 11.4 Å². The maximum atomic E-state index is 13.5. The van der Waals surface area contributed by atoms with Crippen molar-refractivity contribution in [2.45, 2.75) is 26.8 Å². The maximum Gasteiger partial charge on any atom is 0.279 e. The molecule has 0 saturated carbocycles. The molecule has 0 saturated heterocycles. The van der Waals surface area contributed by atoms with E-state index in [1.807, 2.05) is 103 Å². The third kappa shape index (κ3) is 4.61. The van der Waals surface area contributed by atoms with Crippen LogP contribution >= 0.6 is 0 Å². The van der Waals surface area contributed by atoms with Crippen LogP contribution in [-0.4, -0.2) is 25.1 Å². The highest BCUT2D eigenvalue weighted by Gasteiger charge is 2.20. The van der Waals surface area contributed by atoms with Crippen LogP contribution < -0.4 is 10.9 Å². The van der Waals surface area contributed by atoms with E-state index < -0.39 is 0 Å². The molecule has 0 bridgehead atoms. The van der Waals surface area contributed by atoms with Gasteiger partial charge in [-0.05, 0) is 31.5 Å². The predicted molar refractivity (Wildman–Crippen MR) is 136 cm³/mol. The van der Waals surface area contributed by atoms with Crippen LogP contribution in [0.2, 0.25) is 0 Å². The second-order valence-corrected chi connectivity index (χ2v) is 8.55. The molecule has 7 heteroatoms. The lowest BCUT2D eigenvalue weighted by Crippen LogP contribution is -2.29. The molecule has 0 fully saturated rings. The SMILES string of the molecule is Cc1ccc(NC(=O)Cc2c(C)n(Cc3ccccc3)c3nc(-c4ccccc4)nn3c2=O)cc1. The summed E-state index contributed by atoms with van der Waals surface area (Å²) in [5.41, 5.74) is 4.42. The Balaban J connectivity index is 1.59. The number of hydrogen-bond acceptors (Lipinski definition) is 4. The molecule has 35 heavy (non-hydrogen) atoms. The van der Waals surface area contributed by atoms with Crippen LogP contribution in [0, 0.1) is 13.8 Å². The number of benzene rings is 3. The third-order valence-corrected chi connectivity index (χ3v) is 6.01. The Bertz CT molecular complexity index is 1550. The largest absolute Gasteiger partial charge is 0.326 e. The molecule has 5 rings (SSSR count). The van der Waals surface area contributed by atoms with Gasteiger partial charge in [-0.3, -0.25) is 9.59 Å². The average molecular weight is 464 g/mol. The molecule has 1 N–H and O–H groups in total. The van der Waals surface area contributed by atoms with E-state index in [-0.39, 0.29) is 17.9 Å². The fourth-order valence-corrected chi connectivity index (χ4v) is 4.08. The molecule has 0 atom stereocenters. The zero-order valence-electron chi connectivity index (χ0n) is 19.6. The Morgan fingerprint density at radius 1 is 0.886 bits per heavy atom. The smallest absolute Gasteiger partial charge is 0.279 e. The van der Waals surface area contributed by atoms with Crippen molar-refractivity contribution in [1.82, 2.24) is 19.2 Å². The molecule has 0 aliphatic carbocycles. The van der Waals surface area contributed by atoms with Crippen molar-refractivity contribution in [2.75, 3.05) is 5.32 Å². The Kier molecular flexibility index (Phi) is 5.97. The maximum absolute atomic E-state index is 13.5. The van der Waals surface area contributed by atoms with E-state index in [4.69, 9.17) is 4.98 Å². The van der Waals surface area contributed by atoms with Crippen LogP contribution in [0.1, 0.15) is 22.4 Å². The lowest BCUT2D eigenvalue weighted by atomic mass is 10.1. The number of aryl methyl sites for hydroxylation is 1. The highest BCUT2D eigenvalue weighted by Crippen LogP contribution is 2.19. The fraction of sp³-hybridized carbons (Fsp3) is 0.143. The highest BCUT2D eigenvalue weighted by atomic mass is 16.2. The van der Waals surface area contributed by atoms with Gasteiger partial charge >= 0.3 is 0 Å². The van der Waals surface area contributed by atoms with Crippen LogP contribution in [-0.2, 0) is 17.8 Å². The number of anilines is 1. The number of fused-ring (bicyclic) bond motifs is 1. The summed E-state index contributed by atoms with van der Waals surface area (Å²) >= 11 is 0. The molecule has 2 aromatic heterocycles. The van der Waals surface area contributed by atoms with Crippen LogP contribution in [0.15, 0.2) is 89.7 Å². The number of carbonyl (C=O) groups excluding carboxylic acids is 1. The van der Waals surface area contributed by atoms with Gasteiger partial charge in [0, 0.05) is 22.5 Å². The molecule has 0 radical (unpaired) electrons. The number of nitrogens with zero attached hydrogens (tertiary/aromatic N) is 4. The first kappa shape index (κ1) is 22.3. The number of hydrogen-bond donors (Lipinski definition) is 1. The van der Waals surface area contributed by atoms with Crippen molar-refractivity contribution < 1.29 is 4.79 Å². The van der Waals surface area contributed by atoms with E-state index in [0.717, 1.165) is 16.7 Å². The van der Waals surface area contributed by atoms with Crippen molar-refractivity contribution in [3.05, 3.63) is 118 Å². The van der Waals surface area contributed by atoms with E-state index in [1.165, 1.54) is 4.52 Å². The zero-order valence-corrected chi connectivity index (χ0v) is 19.6. The number of rotatable bonds is 6. The topological polar surface area (TPSA) is 81.3 Å². The van der Waals surface area contributed by atoms with Crippen molar-refractivity contribution in [3.63, 3.8) is 0 Å². The summed E-state index contributed by atoms with van der Waals surface area (Å²) in [6.07, 6.45) is -0.0657. The van der Waals surface area contributed by atoms with E-state index in [0.29, 0.717) is 35.1 Å². The van der Waals surface area contributed by atoms with Gasteiger partial charge in [0.2, 0.25) is 11.7 Å². The lowest BCUT2D eigenvalue weighted by Gasteiger charge is -2.15. The first-order valence-electron chi connectivity index (χ1n) is 11.4. The van der Waals surface area contributed by atoms with Gasteiger partial charge in [-0.1, -0.05) is 78.4 Å². The van der Waals surface area contributed by atoms with E-state index in [9.17, 15) is 9.59 Å². The minimum atomic E-state index is -0.337. The monoisotopic (exact) mass is 463 g/mol. The van der Waals surface area contributed by atoms with Gasteiger partial charge < -0.3 is 9.88 Å². The summed E-state index contributed by atoms with van der Waals surface area (Å²) < 4.78 is 3.26. The standard InChI is InChI=1S/C28H25N5O2/c1-19-13-15-23(16-14-19)29-25(34)17-24-20(2)32(18-21-9-5-3-6-10-21)28-30-26(31-33(28)27(24)35)22-11-7-4-8-12-22/h3-16H,17-18H2,1-2H3,(H,29,34). The van der Waals surface area contributed by atoms with Gasteiger partial charge in [-0.2, -0.15) is 9.50 Å². The molecule has 0 aliphatic rings. The van der Waals surface area contributed by atoms with Gasteiger partial charge in [0.05, 0.1) is 13.0 Å². The van der Waals surface area contributed by atoms with E-state index >= 15 is 0 Å². The van der Waals surface area contributed by atoms with Crippen LogP contribution in [0.25, 0.3) is 17.2 Å². The highest BCUT2D eigenvalue weighted by molar-refractivity contribution is 5.92. The Labute approximate surface area is 202 Å². The molecule has 5 aromatic rings. The molecule has 174 valence electrons. The molecule has 0 aliphatic heterocycles. The quantitative estimate of drug-likeness (QED) is 0.405. The molecular formula is C28H25N5O2. The number of nitrogens with one attached hydrogen (secondary N) is 1. The van der Waals surface area contributed by atoms with E-state index in [2.05, 4.69) is 10.4 Å². The first-order chi connectivity index (χ1) is 17.0. The van der Waals surface area contributed by atoms with Gasteiger partial charge in [0.15, 0.2) is 5.82 Å². The zero-order chi connectivity index (χ0) is 24.4. The summed E-state index contributed by atoms with van der Waals surface area (Å²) in [6.45, 7) is 4.34. The second kappa shape index (κ2) is 9.38. The van der Waals surface area contributed by atoms with Gasteiger partial charge in [-0.25, -0.2) is 0 Å². The molecule has 2 heterocycles. The van der Waals surface area contributed by atoms with Crippen LogP contribution in [0.4, 0.5) is 5.69 Å². The minimum absolute atomic E-state index is 0.0657. The van der Waals surface area contributed by atoms with Gasteiger partial charge in [0.25, 0.3) is 5.56 Å². The second-order valence-electron chi connectivity index (χ2n) is 8.55. The Hall–Kier alpha value is -4.52. The normalized spacial score (nSPS) is 11.0. The number of carbonyl (C=O) groups is 1. The Morgan fingerprint density at radius 2 is 1.54 bits per heavy atom. The molecule has 3 aromatic carbocycles. The lowest BCUT2D eigenvalue weighted by molar-refractivity contribution is -0.115. The first-order valence-corrected chi connectivity index (χ1v) is 11.4. The van der Waals surface area contributed by atoms with Crippen molar-refractivity contribution in [1.29, 1.82) is 0 Å². The fourth-order valence-electron chi connectivity index (χ4n) is 4.08. The molecule has 7 nitrogen and oxygen atoms in total. The Morgan fingerprint density at radius 3 is 2.23 bits per heavy atom. The van der Waals surface area contributed by atoms with Gasteiger partial charge in [-0.15, -0.1) is 5.10 Å². The van der Waals surface area contributed by atoms with Crippen molar-refractivity contribution in [2.24, 2.45) is 0 Å². The minimum Gasteiger partial charge on any atom is -0.326 e. The molecule has 0 unspecified atom stereocenters. The van der Waals surface area contributed by atoms with Gasteiger partial charge in [0.1, 0.15) is 0 Å². The summed E-state index contributed by atoms with van der Waals surface area (Å²) in [7, 11) is 0. The molecule has 1 amide bonds. The molecular weight excluding hydrogens is 438 g/mol. The molecule has 0 spiro atoms. The van der Waals surface area contributed by atoms with Crippen LogP contribution in [0.3, 0.4) is 0 Å². The predicted octanol–water partition coefficient (Wildman–Crippen LogP) is 4.40. The summed E-state index contributed by atoms with van der Waals surface area (Å²) in [5, 5.41) is 7.42. The van der Waals surface area contributed by atoms with Crippen LogP contribution in [0.5, 0.6) is 0 Å². The summed E-state index contributed by atoms with van der Waals surface area (Å²) in [6, 6.07) is 27.0. The average Bonchev–Trinajstić information content (AvgIpc) is 3.33. The summed E-state index contributed by atoms with van der Waals surface area (Å²) in [4.78, 5) is 31.1. The van der Waals surface area contributed by atoms with E-state index in [1.54, 1.807) is 0 Å². The number of amides is 1.